The molecule has 1 saturated carbocycles. The Kier molecular flexibility index (Phi) is 10.8. The van der Waals surface area contributed by atoms with Crippen molar-refractivity contribution >= 4 is 51.1 Å². The van der Waals surface area contributed by atoms with Crippen LogP contribution in [-0.2, 0) is 19.1 Å². The van der Waals surface area contributed by atoms with Crippen LogP contribution in [0.3, 0.4) is 0 Å². The Morgan fingerprint density at radius 2 is 1.54 bits per heavy atom. The number of alkyl halides is 3. The second-order valence-corrected chi connectivity index (χ2v) is 17.7. The van der Waals surface area contributed by atoms with Gasteiger partial charge in [0.1, 0.15) is 18.4 Å². The summed E-state index contributed by atoms with van der Waals surface area (Å²) in [5.74, 6) is -1.66. The quantitative estimate of drug-likeness (QED) is 0.192. The van der Waals surface area contributed by atoms with Crippen LogP contribution >= 0.6 is 0 Å². The molecule has 0 spiro atoms. The summed E-state index contributed by atoms with van der Waals surface area (Å²) in [6.45, 7) is 2.27. The lowest BCUT2D eigenvalue weighted by atomic mass is 9.81. The number of ether oxygens (including phenoxy) is 2. The molecule has 0 radical (unpaired) electrons. The lowest BCUT2D eigenvalue weighted by Crippen LogP contribution is -2.54. The molecular weight excluding hydrogens is 792 g/mol. The Balaban J connectivity index is 0.637. The average Bonchev–Trinajstić information content (AvgIpc) is 3.71. The van der Waals surface area contributed by atoms with E-state index in [4.69, 9.17) is 9.47 Å². The maximum Gasteiger partial charge on any atom is 0.319 e. The van der Waals surface area contributed by atoms with E-state index >= 15 is 4.39 Å². The van der Waals surface area contributed by atoms with Crippen LogP contribution in [0, 0.1) is 5.92 Å². The molecule has 4 aromatic rings. The van der Waals surface area contributed by atoms with Crippen LogP contribution in [0.1, 0.15) is 96.5 Å². The Bertz CT molecular complexity index is 2360. The number of hydrogen-bond donors (Lipinski definition) is 2. The molecular formula is C45H50F3N7O6. The van der Waals surface area contributed by atoms with E-state index in [2.05, 4.69) is 25.4 Å². The standard InChI is InChI=1S/C45H50F3N7O6/c46-36-19-27(26-1-3-32-35-23-49-12-7-37(35)54(45(47)48)39(32)20-26)22-50-42(36)61-31-17-25(18-31)24-52-13-8-29(9-14-52)60-30-10-15-53(16-11-30)28-2-4-33-34(21-28)44(59)55(43(33)58)38-5-6-40(56)51-41(38)57/h1-4,7,12,20-21,23,25,27,29-31,36,38,42,45,50H,5-6,8-11,13-19,22,24H2,(H,51,56,57). The summed E-state index contributed by atoms with van der Waals surface area (Å²) in [7, 11) is 0. The maximum atomic E-state index is 15.5. The average molecular weight is 842 g/mol. The Morgan fingerprint density at radius 3 is 2.28 bits per heavy atom. The van der Waals surface area contributed by atoms with Gasteiger partial charge in [0.05, 0.1) is 40.5 Å². The monoisotopic (exact) mass is 841 g/mol. The molecule has 10 rings (SSSR count). The topological polar surface area (TPSA) is 138 Å². The third-order valence-corrected chi connectivity index (χ3v) is 13.9. The molecule has 4 amide bonds. The van der Waals surface area contributed by atoms with Gasteiger partial charge < -0.3 is 19.3 Å². The van der Waals surface area contributed by atoms with Gasteiger partial charge in [-0.15, -0.1) is 0 Å². The molecule has 5 aliphatic heterocycles. The van der Waals surface area contributed by atoms with Crippen molar-refractivity contribution in [3.8, 4) is 0 Å². The summed E-state index contributed by atoms with van der Waals surface area (Å²) in [6, 6.07) is 11.4. The van der Waals surface area contributed by atoms with Crippen molar-refractivity contribution in [3.05, 3.63) is 71.5 Å². The lowest BCUT2D eigenvalue weighted by molar-refractivity contribution is -0.136. The van der Waals surface area contributed by atoms with Crippen molar-refractivity contribution in [2.24, 2.45) is 5.92 Å². The number of aromatic nitrogens is 2. The van der Waals surface area contributed by atoms with Crippen LogP contribution in [-0.4, -0.2) is 119 Å². The summed E-state index contributed by atoms with van der Waals surface area (Å²) in [5.41, 5.74) is 3.12. The number of rotatable bonds is 10. The number of benzene rings is 2. The number of carbonyl (C=O) groups excluding carboxylic acids is 4. The number of pyridine rings is 1. The summed E-state index contributed by atoms with van der Waals surface area (Å²) in [5, 5.41) is 6.88. The van der Waals surface area contributed by atoms with E-state index in [1.807, 2.05) is 18.2 Å². The lowest BCUT2D eigenvalue weighted by Gasteiger charge is -2.43. The second kappa shape index (κ2) is 16.4. The first-order valence-electron chi connectivity index (χ1n) is 21.7. The molecule has 7 heterocycles. The number of halogens is 3. The number of anilines is 1. The first-order valence-corrected chi connectivity index (χ1v) is 21.7. The zero-order chi connectivity index (χ0) is 41.9. The van der Waals surface area contributed by atoms with Crippen molar-refractivity contribution in [1.29, 1.82) is 0 Å². The van der Waals surface area contributed by atoms with Gasteiger partial charge in [-0.05, 0) is 99.1 Å². The molecule has 2 aromatic carbocycles. The van der Waals surface area contributed by atoms with Crippen LogP contribution in [0.4, 0.5) is 18.9 Å². The van der Waals surface area contributed by atoms with Crippen molar-refractivity contribution < 1.29 is 41.8 Å². The summed E-state index contributed by atoms with van der Waals surface area (Å²) in [6.07, 6.45) is 7.56. The van der Waals surface area contributed by atoms with E-state index in [-0.39, 0.29) is 49.1 Å². The third kappa shape index (κ3) is 7.69. The third-order valence-electron chi connectivity index (χ3n) is 13.9. The number of fused-ring (bicyclic) bond motifs is 4. The Hall–Kier alpha value is -4.90. The number of piperidine rings is 4. The molecule has 0 bridgehead atoms. The van der Waals surface area contributed by atoms with Gasteiger partial charge in [-0.25, -0.2) is 4.39 Å². The number of hydrogen-bond acceptors (Lipinski definition) is 10. The van der Waals surface area contributed by atoms with Crippen molar-refractivity contribution in [2.75, 3.05) is 44.2 Å². The van der Waals surface area contributed by atoms with Gasteiger partial charge in [-0.2, -0.15) is 8.78 Å². The van der Waals surface area contributed by atoms with E-state index < -0.39 is 48.6 Å². The summed E-state index contributed by atoms with van der Waals surface area (Å²) in [4.78, 5) is 60.3. The van der Waals surface area contributed by atoms with Crippen molar-refractivity contribution in [3.63, 3.8) is 0 Å². The highest BCUT2D eigenvalue weighted by Crippen LogP contribution is 2.39. The van der Waals surface area contributed by atoms with Crippen LogP contribution in [0.25, 0.3) is 21.8 Å². The van der Waals surface area contributed by atoms with Crippen LogP contribution in [0.2, 0.25) is 0 Å². The molecule has 13 nitrogen and oxygen atoms in total. The highest BCUT2D eigenvalue weighted by atomic mass is 19.3. The van der Waals surface area contributed by atoms with Gasteiger partial charge in [0.15, 0.2) is 0 Å². The zero-order valence-electron chi connectivity index (χ0n) is 33.8. The van der Waals surface area contributed by atoms with E-state index in [0.29, 0.717) is 39.8 Å². The SMILES string of the molecule is O=C1CCC(N2C(=O)c3ccc(N4CCC(OC5CCN(CC6CC(OC7NCC(c8ccc9c%10cnccc%10n(C(F)F)c9c8)CC7F)C6)CC5)CC4)cc3C2=O)C(=O)N1. The molecule has 4 unspecified atom stereocenters. The van der Waals surface area contributed by atoms with Gasteiger partial charge in [0, 0.05) is 74.5 Å². The molecule has 5 fully saturated rings. The molecule has 2 aromatic heterocycles. The molecule has 16 heteroatoms. The number of nitrogens with one attached hydrogen (secondary N) is 2. The highest BCUT2D eigenvalue weighted by Gasteiger charge is 2.45. The van der Waals surface area contributed by atoms with Crippen molar-refractivity contribution in [2.45, 2.75) is 107 Å². The first kappa shape index (κ1) is 40.2. The number of carbonyl (C=O) groups is 4. The minimum absolute atomic E-state index is 0.0167. The van der Waals surface area contributed by atoms with Gasteiger partial charge in [-0.1, -0.05) is 12.1 Å². The molecule has 1 aliphatic carbocycles. The zero-order valence-corrected chi connectivity index (χ0v) is 33.8. The van der Waals surface area contributed by atoms with Crippen LogP contribution < -0.4 is 15.5 Å². The number of amides is 4. The smallest absolute Gasteiger partial charge is 0.319 e. The molecule has 61 heavy (non-hydrogen) atoms. The predicted molar refractivity (Wildman–Crippen MR) is 219 cm³/mol. The largest absolute Gasteiger partial charge is 0.375 e. The van der Waals surface area contributed by atoms with E-state index in [0.717, 1.165) is 92.0 Å². The fourth-order valence-electron chi connectivity index (χ4n) is 10.5. The van der Waals surface area contributed by atoms with Crippen LogP contribution in [0.5, 0.6) is 0 Å². The van der Waals surface area contributed by atoms with Gasteiger partial charge >= 0.3 is 6.55 Å². The maximum absolute atomic E-state index is 15.5. The van der Waals surface area contributed by atoms with Gasteiger partial charge in [0.2, 0.25) is 11.8 Å². The molecule has 4 saturated heterocycles. The van der Waals surface area contributed by atoms with E-state index in [1.54, 1.807) is 30.5 Å². The Morgan fingerprint density at radius 1 is 0.787 bits per heavy atom. The Labute approximate surface area is 350 Å². The number of imide groups is 2. The minimum atomic E-state index is -2.70. The normalized spacial score (nSPS) is 28.3. The highest BCUT2D eigenvalue weighted by molar-refractivity contribution is 6.23. The predicted octanol–water partition coefficient (Wildman–Crippen LogP) is 5.67. The summed E-state index contributed by atoms with van der Waals surface area (Å²) >= 11 is 0. The van der Waals surface area contributed by atoms with E-state index in [9.17, 15) is 28.0 Å². The second-order valence-electron chi connectivity index (χ2n) is 17.7. The molecule has 6 aliphatic rings. The molecule has 2 N–H and O–H groups in total. The summed E-state index contributed by atoms with van der Waals surface area (Å²) < 4.78 is 57.6. The molecule has 4 atom stereocenters. The fraction of sp³-hybridized carbons (Fsp3) is 0.533. The van der Waals surface area contributed by atoms with Gasteiger partial charge in [0.25, 0.3) is 11.8 Å². The van der Waals surface area contributed by atoms with E-state index in [1.165, 1.54) is 6.20 Å². The number of likely N-dealkylation sites (tertiary alicyclic amines) is 1. The number of nitrogens with zero attached hydrogens (tertiary/aromatic N) is 5. The first-order chi connectivity index (χ1) is 29.6. The van der Waals surface area contributed by atoms with Crippen molar-refractivity contribution in [1.82, 2.24) is 30.0 Å². The fourth-order valence-corrected chi connectivity index (χ4v) is 10.5. The molecule has 322 valence electrons. The van der Waals surface area contributed by atoms with Crippen LogP contribution in [0.15, 0.2) is 54.9 Å². The van der Waals surface area contributed by atoms with Gasteiger partial charge in [-0.3, -0.25) is 44.3 Å². The minimum Gasteiger partial charge on any atom is -0.375 e.